The molecule has 1 fully saturated rings. The fourth-order valence-electron chi connectivity index (χ4n) is 2.81. The standard InChI is InChI=1S/C14H27NO/c1-3-4-5-6-9-13(16)14(15)10-7-8-12(2)11-14/h12H,3-11,15H2,1-2H3. The lowest BCUT2D eigenvalue weighted by Gasteiger charge is -2.35. The molecule has 2 N–H and O–H groups in total. The van der Waals surface area contributed by atoms with Gasteiger partial charge in [0, 0.05) is 6.42 Å². The largest absolute Gasteiger partial charge is 0.319 e. The van der Waals surface area contributed by atoms with E-state index in [4.69, 9.17) is 5.73 Å². The number of unbranched alkanes of at least 4 members (excludes halogenated alkanes) is 3. The summed E-state index contributed by atoms with van der Waals surface area (Å²) in [5, 5.41) is 0. The van der Waals surface area contributed by atoms with Crippen LogP contribution in [0.3, 0.4) is 0 Å². The van der Waals surface area contributed by atoms with E-state index < -0.39 is 5.54 Å². The van der Waals surface area contributed by atoms with Crippen molar-refractivity contribution in [2.24, 2.45) is 11.7 Å². The van der Waals surface area contributed by atoms with Crippen molar-refractivity contribution in [2.75, 3.05) is 0 Å². The number of hydrogen-bond acceptors (Lipinski definition) is 2. The zero-order valence-electron chi connectivity index (χ0n) is 10.9. The van der Waals surface area contributed by atoms with Crippen molar-refractivity contribution in [2.45, 2.75) is 77.2 Å². The monoisotopic (exact) mass is 225 g/mol. The lowest BCUT2D eigenvalue weighted by Crippen LogP contribution is -2.50. The highest BCUT2D eigenvalue weighted by molar-refractivity contribution is 5.88. The number of carbonyl (C=O) groups excluding carboxylic acids is 1. The molecule has 1 saturated carbocycles. The summed E-state index contributed by atoms with van der Waals surface area (Å²) in [7, 11) is 0. The molecular weight excluding hydrogens is 198 g/mol. The molecule has 0 saturated heterocycles. The molecule has 1 aliphatic carbocycles. The summed E-state index contributed by atoms with van der Waals surface area (Å²) >= 11 is 0. The maximum Gasteiger partial charge on any atom is 0.152 e. The Balaban J connectivity index is 2.33. The van der Waals surface area contributed by atoms with Gasteiger partial charge in [-0.1, -0.05) is 46.0 Å². The highest BCUT2D eigenvalue weighted by Gasteiger charge is 2.36. The molecule has 2 heteroatoms. The van der Waals surface area contributed by atoms with E-state index in [1.54, 1.807) is 0 Å². The van der Waals surface area contributed by atoms with Gasteiger partial charge >= 0.3 is 0 Å². The van der Waals surface area contributed by atoms with Gasteiger partial charge < -0.3 is 5.73 Å². The number of Topliss-reactive ketones (excluding diaryl/α,β-unsaturated/α-hetero) is 1. The fraction of sp³-hybridized carbons (Fsp3) is 0.929. The van der Waals surface area contributed by atoms with Crippen LogP contribution in [0.2, 0.25) is 0 Å². The minimum atomic E-state index is -0.482. The minimum absolute atomic E-state index is 0.315. The molecule has 0 aromatic heterocycles. The summed E-state index contributed by atoms with van der Waals surface area (Å²) in [6.07, 6.45) is 9.53. The molecule has 0 aliphatic heterocycles. The zero-order valence-corrected chi connectivity index (χ0v) is 10.9. The molecular formula is C14H27NO. The average molecular weight is 225 g/mol. The van der Waals surface area contributed by atoms with Crippen molar-refractivity contribution in [1.29, 1.82) is 0 Å². The van der Waals surface area contributed by atoms with E-state index in [1.807, 2.05) is 0 Å². The van der Waals surface area contributed by atoms with Crippen LogP contribution in [0.5, 0.6) is 0 Å². The summed E-state index contributed by atoms with van der Waals surface area (Å²) < 4.78 is 0. The molecule has 0 bridgehead atoms. The molecule has 94 valence electrons. The van der Waals surface area contributed by atoms with E-state index in [0.29, 0.717) is 18.1 Å². The quantitative estimate of drug-likeness (QED) is 0.704. The molecule has 0 aromatic rings. The molecule has 0 amide bonds. The first-order valence-corrected chi connectivity index (χ1v) is 6.90. The second-order valence-corrected chi connectivity index (χ2v) is 5.59. The predicted octanol–water partition coefficient (Wildman–Crippen LogP) is 3.43. The topological polar surface area (TPSA) is 43.1 Å². The van der Waals surface area contributed by atoms with Crippen LogP contribution in [0.15, 0.2) is 0 Å². The maximum atomic E-state index is 12.1. The Labute approximate surface area is 100.0 Å². The second kappa shape index (κ2) is 6.39. The summed E-state index contributed by atoms with van der Waals surface area (Å²) in [4.78, 5) is 12.1. The molecule has 1 rings (SSSR count). The van der Waals surface area contributed by atoms with E-state index in [9.17, 15) is 4.79 Å². The van der Waals surface area contributed by atoms with Crippen LogP contribution in [0.1, 0.15) is 71.6 Å². The summed E-state index contributed by atoms with van der Waals surface area (Å²) in [5.41, 5.74) is 5.78. The van der Waals surface area contributed by atoms with Gasteiger partial charge in [0.2, 0.25) is 0 Å². The van der Waals surface area contributed by atoms with Crippen LogP contribution in [0, 0.1) is 5.92 Å². The molecule has 2 atom stereocenters. The van der Waals surface area contributed by atoms with Crippen molar-refractivity contribution in [3.8, 4) is 0 Å². The number of ketones is 1. The van der Waals surface area contributed by atoms with Crippen LogP contribution in [-0.4, -0.2) is 11.3 Å². The van der Waals surface area contributed by atoms with Gasteiger partial charge in [-0.3, -0.25) is 4.79 Å². The Morgan fingerprint density at radius 3 is 2.75 bits per heavy atom. The van der Waals surface area contributed by atoms with Gasteiger partial charge in [0.05, 0.1) is 5.54 Å². The summed E-state index contributed by atoms with van der Waals surface area (Å²) in [6, 6.07) is 0. The highest BCUT2D eigenvalue weighted by atomic mass is 16.1. The van der Waals surface area contributed by atoms with Crippen LogP contribution in [-0.2, 0) is 4.79 Å². The molecule has 1 aliphatic rings. The van der Waals surface area contributed by atoms with Gasteiger partial charge in [0.25, 0.3) is 0 Å². The summed E-state index contributed by atoms with van der Waals surface area (Å²) in [6.45, 7) is 4.40. The fourth-order valence-corrected chi connectivity index (χ4v) is 2.81. The predicted molar refractivity (Wildman–Crippen MR) is 68.3 cm³/mol. The Kier molecular flexibility index (Phi) is 5.47. The lowest BCUT2D eigenvalue weighted by atomic mass is 9.73. The molecule has 0 aromatic carbocycles. The second-order valence-electron chi connectivity index (χ2n) is 5.59. The molecule has 0 radical (unpaired) electrons. The average Bonchev–Trinajstić information content (AvgIpc) is 2.23. The van der Waals surface area contributed by atoms with Crippen molar-refractivity contribution >= 4 is 5.78 Å². The SMILES string of the molecule is CCCCCCC(=O)C1(N)CCCC(C)C1. The maximum absolute atomic E-state index is 12.1. The van der Waals surface area contributed by atoms with Crippen LogP contribution < -0.4 is 5.73 Å². The third-order valence-electron chi connectivity index (χ3n) is 3.85. The number of carbonyl (C=O) groups is 1. The third-order valence-corrected chi connectivity index (χ3v) is 3.85. The highest BCUT2D eigenvalue weighted by Crippen LogP contribution is 2.32. The van der Waals surface area contributed by atoms with E-state index in [0.717, 1.165) is 25.7 Å². The van der Waals surface area contributed by atoms with Gasteiger partial charge in [-0.2, -0.15) is 0 Å². The summed E-state index contributed by atoms with van der Waals surface area (Å²) in [5.74, 6) is 0.938. The Hall–Kier alpha value is -0.370. The van der Waals surface area contributed by atoms with Gasteiger partial charge in [0.15, 0.2) is 5.78 Å². The third kappa shape index (κ3) is 3.89. The van der Waals surface area contributed by atoms with E-state index in [-0.39, 0.29) is 0 Å². The normalized spacial score (nSPS) is 30.3. The zero-order chi connectivity index (χ0) is 12.0. The molecule has 0 heterocycles. The number of nitrogens with two attached hydrogens (primary N) is 1. The van der Waals surface area contributed by atoms with Gasteiger partial charge in [-0.15, -0.1) is 0 Å². The van der Waals surface area contributed by atoms with E-state index >= 15 is 0 Å². The van der Waals surface area contributed by atoms with E-state index in [1.165, 1.54) is 25.7 Å². The van der Waals surface area contributed by atoms with Crippen LogP contribution in [0.25, 0.3) is 0 Å². The minimum Gasteiger partial charge on any atom is -0.319 e. The van der Waals surface area contributed by atoms with Gasteiger partial charge in [-0.05, 0) is 25.2 Å². The van der Waals surface area contributed by atoms with Crippen molar-refractivity contribution in [3.05, 3.63) is 0 Å². The Bertz CT molecular complexity index is 227. The van der Waals surface area contributed by atoms with Gasteiger partial charge in [-0.25, -0.2) is 0 Å². The van der Waals surface area contributed by atoms with Crippen molar-refractivity contribution in [3.63, 3.8) is 0 Å². The molecule has 0 spiro atoms. The first kappa shape index (κ1) is 13.7. The van der Waals surface area contributed by atoms with E-state index in [2.05, 4.69) is 13.8 Å². The number of hydrogen-bond donors (Lipinski definition) is 1. The van der Waals surface area contributed by atoms with Crippen LogP contribution >= 0.6 is 0 Å². The number of rotatable bonds is 6. The smallest absolute Gasteiger partial charge is 0.152 e. The first-order valence-electron chi connectivity index (χ1n) is 6.90. The van der Waals surface area contributed by atoms with Crippen molar-refractivity contribution in [1.82, 2.24) is 0 Å². The van der Waals surface area contributed by atoms with Crippen LogP contribution in [0.4, 0.5) is 0 Å². The molecule has 2 nitrogen and oxygen atoms in total. The molecule has 2 unspecified atom stereocenters. The lowest BCUT2D eigenvalue weighted by molar-refractivity contribution is -0.126. The van der Waals surface area contributed by atoms with Gasteiger partial charge in [0.1, 0.15) is 0 Å². The Morgan fingerprint density at radius 2 is 2.12 bits per heavy atom. The van der Waals surface area contributed by atoms with Crippen molar-refractivity contribution < 1.29 is 4.79 Å². The first-order chi connectivity index (χ1) is 7.58. The molecule has 16 heavy (non-hydrogen) atoms. The Morgan fingerprint density at radius 1 is 1.38 bits per heavy atom.